The van der Waals surface area contributed by atoms with Gasteiger partial charge in [-0.3, -0.25) is 25.7 Å². The molecular weight excluding hydrogens is 378 g/mol. The fourth-order valence-corrected chi connectivity index (χ4v) is 2.38. The minimum atomic E-state index is -0.588. The van der Waals surface area contributed by atoms with Gasteiger partial charge in [0.25, 0.3) is 5.69 Å². The molecule has 0 radical (unpaired) electrons. The Morgan fingerprint density at radius 2 is 1.89 bits per heavy atom. The Hall–Kier alpha value is -3.79. The van der Waals surface area contributed by atoms with Gasteiger partial charge in [-0.05, 0) is 30.3 Å². The summed E-state index contributed by atoms with van der Waals surface area (Å²) in [6, 6.07) is 10.0. The molecule has 0 saturated carbocycles. The summed E-state index contributed by atoms with van der Waals surface area (Å²) in [5.41, 5.74) is 2.30. The third-order valence-corrected chi connectivity index (χ3v) is 3.63. The van der Waals surface area contributed by atoms with E-state index in [1.54, 1.807) is 12.1 Å². The zero-order valence-corrected chi connectivity index (χ0v) is 14.2. The van der Waals surface area contributed by atoms with Gasteiger partial charge in [0.1, 0.15) is 11.5 Å². The highest BCUT2D eigenvalue weighted by atomic mass is 35.5. The van der Waals surface area contributed by atoms with Crippen molar-refractivity contribution in [3.63, 3.8) is 0 Å². The van der Waals surface area contributed by atoms with Crippen LogP contribution in [0.15, 0.2) is 58.2 Å². The summed E-state index contributed by atoms with van der Waals surface area (Å²) in [5.74, 6) is 0.503. The summed E-state index contributed by atoms with van der Waals surface area (Å²) in [6.45, 7) is 0. The van der Waals surface area contributed by atoms with Crippen LogP contribution >= 0.6 is 11.6 Å². The van der Waals surface area contributed by atoms with Crippen molar-refractivity contribution in [3.05, 3.63) is 79.7 Å². The van der Waals surface area contributed by atoms with Crippen molar-refractivity contribution in [2.45, 2.75) is 0 Å². The first-order valence-electron chi connectivity index (χ1n) is 7.38. The van der Waals surface area contributed by atoms with E-state index in [1.165, 1.54) is 42.7 Å². The number of nitrogens with zero attached hydrogens (tertiary/aromatic N) is 4. The summed E-state index contributed by atoms with van der Waals surface area (Å²) in [7, 11) is 0. The predicted octanol–water partition coefficient (Wildman–Crippen LogP) is 4.26. The Morgan fingerprint density at radius 3 is 2.63 bits per heavy atom. The summed E-state index contributed by atoms with van der Waals surface area (Å²) in [5, 5.41) is 26.2. The molecule has 0 amide bonds. The molecule has 2 aromatic heterocycles. The molecule has 2 heterocycles. The minimum absolute atomic E-state index is 0.0288. The van der Waals surface area contributed by atoms with E-state index in [2.05, 4.69) is 15.5 Å². The van der Waals surface area contributed by atoms with Gasteiger partial charge < -0.3 is 4.42 Å². The molecule has 0 bridgehead atoms. The summed E-state index contributed by atoms with van der Waals surface area (Å²) in [4.78, 5) is 24.8. The monoisotopic (exact) mass is 387 g/mol. The first-order chi connectivity index (χ1) is 13.0. The smallest absolute Gasteiger partial charge is 0.313 e. The van der Waals surface area contributed by atoms with E-state index in [0.717, 1.165) is 0 Å². The third-order valence-electron chi connectivity index (χ3n) is 3.39. The lowest BCUT2D eigenvalue weighted by Gasteiger charge is -2.00. The number of halogens is 1. The van der Waals surface area contributed by atoms with Gasteiger partial charge in [0, 0.05) is 23.4 Å². The standard InChI is InChI=1S/C16H10ClN5O5/c17-10-3-5-12(14(8-10)22(25)26)15-6-4-11(27-15)9-19-20-16-13(21(23)24)2-1-7-18-16/h1-9H,(H,18,20)/b19-9-. The van der Waals surface area contributed by atoms with Crippen LogP contribution in [-0.4, -0.2) is 21.0 Å². The van der Waals surface area contributed by atoms with Crippen LogP contribution < -0.4 is 5.43 Å². The maximum absolute atomic E-state index is 11.2. The number of rotatable bonds is 6. The van der Waals surface area contributed by atoms with Crippen molar-refractivity contribution >= 4 is 35.0 Å². The van der Waals surface area contributed by atoms with Crippen LogP contribution in [0.2, 0.25) is 5.02 Å². The number of nitro groups is 2. The van der Waals surface area contributed by atoms with Crippen LogP contribution in [0.3, 0.4) is 0 Å². The highest BCUT2D eigenvalue weighted by molar-refractivity contribution is 6.30. The molecule has 0 atom stereocenters. The maximum atomic E-state index is 11.2. The lowest BCUT2D eigenvalue weighted by Crippen LogP contribution is -1.98. The fourth-order valence-electron chi connectivity index (χ4n) is 2.22. The molecule has 11 heteroatoms. The number of nitro benzene ring substituents is 1. The van der Waals surface area contributed by atoms with Crippen molar-refractivity contribution in [2.75, 3.05) is 5.43 Å². The van der Waals surface area contributed by atoms with Crippen LogP contribution in [0.1, 0.15) is 5.76 Å². The van der Waals surface area contributed by atoms with Crippen LogP contribution in [0, 0.1) is 20.2 Å². The van der Waals surface area contributed by atoms with E-state index in [0.29, 0.717) is 0 Å². The van der Waals surface area contributed by atoms with Crippen molar-refractivity contribution in [2.24, 2.45) is 5.10 Å². The zero-order chi connectivity index (χ0) is 19.4. The highest BCUT2D eigenvalue weighted by Gasteiger charge is 2.18. The van der Waals surface area contributed by atoms with Crippen molar-refractivity contribution in [1.82, 2.24) is 4.98 Å². The number of pyridine rings is 1. The van der Waals surface area contributed by atoms with Crippen molar-refractivity contribution in [3.8, 4) is 11.3 Å². The first kappa shape index (κ1) is 18.0. The van der Waals surface area contributed by atoms with Crippen molar-refractivity contribution in [1.29, 1.82) is 0 Å². The molecule has 27 heavy (non-hydrogen) atoms. The first-order valence-corrected chi connectivity index (χ1v) is 7.76. The Labute approximate surface area is 156 Å². The van der Waals surface area contributed by atoms with Crippen LogP contribution in [0.5, 0.6) is 0 Å². The van der Waals surface area contributed by atoms with E-state index >= 15 is 0 Å². The summed E-state index contributed by atoms with van der Waals surface area (Å²) in [6.07, 6.45) is 2.65. The van der Waals surface area contributed by atoms with E-state index in [-0.39, 0.29) is 39.3 Å². The number of benzene rings is 1. The van der Waals surface area contributed by atoms with Gasteiger partial charge in [-0.1, -0.05) is 11.6 Å². The number of hydrazone groups is 1. The molecular formula is C16H10ClN5O5. The summed E-state index contributed by atoms with van der Waals surface area (Å²) < 4.78 is 5.52. The Kier molecular flexibility index (Phi) is 5.08. The van der Waals surface area contributed by atoms with E-state index in [1.807, 2.05) is 0 Å². The molecule has 1 N–H and O–H groups in total. The van der Waals surface area contributed by atoms with Gasteiger partial charge in [0.05, 0.1) is 21.6 Å². The molecule has 0 aliphatic carbocycles. The SMILES string of the molecule is O=[N+]([O-])c1cc(Cl)ccc1-c1ccc(/C=N\Nc2ncccc2[N+](=O)[O-])o1. The number of furan rings is 1. The second-order valence-electron chi connectivity index (χ2n) is 5.12. The van der Waals surface area contributed by atoms with Crippen LogP contribution in [-0.2, 0) is 0 Å². The lowest BCUT2D eigenvalue weighted by molar-refractivity contribution is -0.384. The number of hydrogen-bond donors (Lipinski definition) is 1. The van der Waals surface area contributed by atoms with Crippen molar-refractivity contribution < 1.29 is 14.3 Å². The highest BCUT2D eigenvalue weighted by Crippen LogP contribution is 2.33. The number of nitrogens with one attached hydrogen (secondary N) is 1. The van der Waals surface area contributed by atoms with E-state index in [4.69, 9.17) is 16.0 Å². The van der Waals surface area contributed by atoms with Gasteiger partial charge in [-0.15, -0.1) is 0 Å². The molecule has 0 aliphatic rings. The molecule has 0 fully saturated rings. The molecule has 3 rings (SSSR count). The topological polar surface area (TPSA) is 137 Å². The normalized spacial score (nSPS) is 10.9. The quantitative estimate of drug-likeness (QED) is 0.379. The lowest BCUT2D eigenvalue weighted by atomic mass is 10.1. The van der Waals surface area contributed by atoms with Crippen LogP contribution in [0.25, 0.3) is 11.3 Å². The number of hydrogen-bond acceptors (Lipinski definition) is 8. The molecule has 10 nitrogen and oxygen atoms in total. The Balaban J connectivity index is 1.81. The fraction of sp³-hybridized carbons (Fsp3) is 0. The average molecular weight is 388 g/mol. The molecule has 1 aromatic carbocycles. The number of aromatic nitrogens is 1. The van der Waals surface area contributed by atoms with Gasteiger partial charge in [0.15, 0.2) is 0 Å². The molecule has 0 spiro atoms. The average Bonchev–Trinajstić information content (AvgIpc) is 3.10. The molecule has 0 saturated heterocycles. The second kappa shape index (κ2) is 7.62. The summed E-state index contributed by atoms with van der Waals surface area (Å²) >= 11 is 5.80. The molecule has 0 aliphatic heterocycles. The van der Waals surface area contributed by atoms with Crippen LogP contribution in [0.4, 0.5) is 17.2 Å². The largest absolute Gasteiger partial charge is 0.455 e. The maximum Gasteiger partial charge on any atom is 0.313 e. The van der Waals surface area contributed by atoms with Gasteiger partial charge in [-0.25, -0.2) is 4.98 Å². The Morgan fingerprint density at radius 1 is 1.11 bits per heavy atom. The number of anilines is 1. The Bertz CT molecular complexity index is 1050. The second-order valence-corrected chi connectivity index (χ2v) is 5.56. The third kappa shape index (κ3) is 4.07. The minimum Gasteiger partial charge on any atom is -0.455 e. The predicted molar refractivity (Wildman–Crippen MR) is 97.9 cm³/mol. The van der Waals surface area contributed by atoms with Gasteiger partial charge in [-0.2, -0.15) is 5.10 Å². The molecule has 3 aromatic rings. The van der Waals surface area contributed by atoms with Gasteiger partial charge in [0.2, 0.25) is 5.82 Å². The molecule has 136 valence electrons. The van der Waals surface area contributed by atoms with E-state index in [9.17, 15) is 20.2 Å². The zero-order valence-electron chi connectivity index (χ0n) is 13.4. The van der Waals surface area contributed by atoms with Gasteiger partial charge >= 0.3 is 5.69 Å². The molecule has 0 unspecified atom stereocenters. The van der Waals surface area contributed by atoms with E-state index < -0.39 is 9.85 Å².